The second kappa shape index (κ2) is 11.5. The molecule has 1 amide bonds. The van der Waals surface area contributed by atoms with Crippen molar-refractivity contribution in [1.82, 2.24) is 19.8 Å². The lowest BCUT2D eigenvalue weighted by molar-refractivity contribution is -0.137. The summed E-state index contributed by atoms with van der Waals surface area (Å²) in [6.45, 7) is 5.44. The first-order valence-corrected chi connectivity index (χ1v) is 11.9. The first-order chi connectivity index (χ1) is 14.5. The fourth-order valence-corrected chi connectivity index (χ4v) is 4.40. The van der Waals surface area contributed by atoms with E-state index >= 15 is 0 Å². The molecular formula is C19H28ClF3N4O3S. The summed E-state index contributed by atoms with van der Waals surface area (Å²) in [5, 5.41) is 2.14. The molecule has 0 saturated carbocycles. The Morgan fingerprint density at radius 1 is 1.13 bits per heavy atom. The fraction of sp³-hybridized carbons (Fsp3) is 0.632. The van der Waals surface area contributed by atoms with Gasteiger partial charge in [0, 0.05) is 45.7 Å². The van der Waals surface area contributed by atoms with Crippen LogP contribution in [0.2, 0.25) is 5.02 Å². The van der Waals surface area contributed by atoms with E-state index in [1.807, 2.05) is 0 Å². The Balaban J connectivity index is 1.68. The molecule has 0 radical (unpaired) electrons. The monoisotopic (exact) mass is 484 g/mol. The molecule has 1 saturated heterocycles. The maximum atomic E-state index is 12.9. The smallest absolute Gasteiger partial charge is 0.356 e. The van der Waals surface area contributed by atoms with Crippen molar-refractivity contribution in [3.63, 3.8) is 0 Å². The number of halogens is 4. The highest BCUT2D eigenvalue weighted by Crippen LogP contribution is 2.35. The van der Waals surface area contributed by atoms with Gasteiger partial charge in [-0.2, -0.15) is 13.2 Å². The summed E-state index contributed by atoms with van der Waals surface area (Å²) in [6, 6.07) is 2.35. The summed E-state index contributed by atoms with van der Waals surface area (Å²) in [5.74, 6) is -0.325. The highest BCUT2D eigenvalue weighted by molar-refractivity contribution is 7.89. The van der Waals surface area contributed by atoms with E-state index in [0.717, 1.165) is 57.7 Å². The molecule has 1 aliphatic heterocycles. The molecule has 1 fully saturated rings. The number of hydrogen-bond acceptors (Lipinski definition) is 5. The van der Waals surface area contributed by atoms with E-state index in [4.69, 9.17) is 11.6 Å². The molecule has 0 aromatic heterocycles. The maximum absolute atomic E-state index is 12.9. The van der Waals surface area contributed by atoms with Gasteiger partial charge in [-0.05, 0) is 44.6 Å². The van der Waals surface area contributed by atoms with Crippen molar-refractivity contribution in [2.45, 2.75) is 30.3 Å². The molecule has 31 heavy (non-hydrogen) atoms. The number of rotatable bonds is 10. The second-order valence-corrected chi connectivity index (χ2v) is 9.66. The average Bonchev–Trinajstić information content (AvgIpc) is 2.68. The normalized spacial score (nSPS) is 16.4. The Morgan fingerprint density at radius 3 is 2.45 bits per heavy atom. The van der Waals surface area contributed by atoms with Crippen molar-refractivity contribution in [1.29, 1.82) is 0 Å². The van der Waals surface area contributed by atoms with Gasteiger partial charge < -0.3 is 15.1 Å². The summed E-state index contributed by atoms with van der Waals surface area (Å²) in [7, 11) is -2.10. The molecule has 0 bridgehead atoms. The second-order valence-electron chi connectivity index (χ2n) is 7.49. The van der Waals surface area contributed by atoms with Crippen LogP contribution in [0.5, 0.6) is 0 Å². The number of unbranched alkanes of at least 4 members (excludes halogenated alkanes) is 1. The number of sulfonamides is 1. The lowest BCUT2D eigenvalue weighted by Crippen LogP contribution is -2.44. The third-order valence-electron chi connectivity index (χ3n) is 5.02. The molecule has 176 valence electrons. The van der Waals surface area contributed by atoms with E-state index in [2.05, 4.69) is 26.9 Å². The van der Waals surface area contributed by atoms with Crippen LogP contribution in [0.3, 0.4) is 0 Å². The maximum Gasteiger partial charge on any atom is 0.417 e. The van der Waals surface area contributed by atoms with Gasteiger partial charge in [-0.25, -0.2) is 13.1 Å². The number of hydrogen-bond donors (Lipinski definition) is 2. The lowest BCUT2D eigenvalue weighted by atomic mass is 10.2. The number of likely N-dealkylation sites (N-methyl/N-ethyl adjacent to an activating group) is 1. The van der Waals surface area contributed by atoms with E-state index in [1.165, 1.54) is 0 Å². The van der Waals surface area contributed by atoms with Crippen LogP contribution in [0.4, 0.5) is 13.2 Å². The molecule has 12 heteroatoms. The Labute approximate surface area is 186 Å². The first-order valence-electron chi connectivity index (χ1n) is 10.0. The van der Waals surface area contributed by atoms with Crippen molar-refractivity contribution in [3.05, 3.63) is 28.8 Å². The van der Waals surface area contributed by atoms with Crippen LogP contribution < -0.4 is 10.0 Å². The van der Waals surface area contributed by atoms with Gasteiger partial charge in [0.2, 0.25) is 15.9 Å². The number of benzene rings is 1. The Morgan fingerprint density at radius 2 is 1.81 bits per heavy atom. The zero-order valence-electron chi connectivity index (χ0n) is 17.3. The SMILES string of the molecule is CN1CCN(CCCCNC(=O)CCNS(=O)(=O)c2ccc(Cl)c(C(F)(F)F)c2)CC1. The Hall–Kier alpha value is -1.40. The summed E-state index contributed by atoms with van der Waals surface area (Å²) >= 11 is 5.50. The van der Waals surface area contributed by atoms with Gasteiger partial charge in [-0.3, -0.25) is 4.79 Å². The largest absolute Gasteiger partial charge is 0.417 e. The minimum atomic E-state index is -4.77. The van der Waals surface area contributed by atoms with Crippen LogP contribution in [0.15, 0.2) is 23.1 Å². The quantitative estimate of drug-likeness (QED) is 0.497. The van der Waals surface area contributed by atoms with Gasteiger partial charge in [0.05, 0.1) is 15.5 Å². The number of nitrogens with zero attached hydrogens (tertiary/aromatic N) is 2. The molecule has 1 aliphatic rings. The van der Waals surface area contributed by atoms with Gasteiger partial charge in [0.25, 0.3) is 0 Å². The van der Waals surface area contributed by atoms with Crippen LogP contribution in [0.1, 0.15) is 24.8 Å². The summed E-state index contributed by atoms with van der Waals surface area (Å²) in [5.41, 5.74) is -1.23. The van der Waals surface area contributed by atoms with E-state index in [1.54, 1.807) is 0 Å². The lowest BCUT2D eigenvalue weighted by Gasteiger charge is -2.32. The minimum Gasteiger partial charge on any atom is -0.356 e. The van der Waals surface area contributed by atoms with Crippen LogP contribution in [-0.4, -0.2) is 77.0 Å². The standard InChI is InChI=1S/C19H28ClF3N4O3S/c1-26-10-12-27(13-11-26)9-3-2-7-24-18(28)6-8-25-31(29,30)15-4-5-17(20)16(14-15)19(21,22)23/h4-5,14,25H,2-3,6-13H2,1H3,(H,24,28). The number of amides is 1. The molecule has 0 atom stereocenters. The summed E-state index contributed by atoms with van der Waals surface area (Å²) in [6.07, 6.45) is -3.12. The molecule has 0 spiro atoms. The summed E-state index contributed by atoms with van der Waals surface area (Å²) in [4.78, 5) is 16.0. The number of alkyl halides is 3. The van der Waals surface area contributed by atoms with E-state index in [9.17, 15) is 26.4 Å². The van der Waals surface area contributed by atoms with Gasteiger partial charge in [0.1, 0.15) is 0 Å². The van der Waals surface area contributed by atoms with Gasteiger partial charge >= 0.3 is 6.18 Å². The molecule has 1 aromatic carbocycles. The molecule has 1 aromatic rings. The van der Waals surface area contributed by atoms with Crippen molar-refractivity contribution in [3.8, 4) is 0 Å². The average molecular weight is 485 g/mol. The van der Waals surface area contributed by atoms with Crippen molar-refractivity contribution in [2.75, 3.05) is 52.9 Å². The zero-order valence-corrected chi connectivity index (χ0v) is 18.9. The van der Waals surface area contributed by atoms with E-state index in [0.29, 0.717) is 12.6 Å². The molecule has 0 aliphatic carbocycles. The molecular weight excluding hydrogens is 457 g/mol. The third-order valence-corrected chi connectivity index (χ3v) is 6.81. The summed E-state index contributed by atoms with van der Waals surface area (Å²) < 4.78 is 65.3. The predicted octanol–water partition coefficient (Wildman–Crippen LogP) is 2.17. The number of piperazine rings is 1. The topological polar surface area (TPSA) is 81.8 Å². The van der Waals surface area contributed by atoms with Crippen molar-refractivity contribution >= 4 is 27.5 Å². The number of carbonyl (C=O) groups excluding carboxylic acids is 1. The van der Waals surface area contributed by atoms with Gasteiger partial charge in [-0.1, -0.05) is 11.6 Å². The van der Waals surface area contributed by atoms with Crippen LogP contribution in [-0.2, 0) is 21.0 Å². The van der Waals surface area contributed by atoms with Crippen LogP contribution in [0.25, 0.3) is 0 Å². The third kappa shape index (κ3) is 8.57. The zero-order chi connectivity index (χ0) is 23.1. The highest BCUT2D eigenvalue weighted by Gasteiger charge is 2.34. The van der Waals surface area contributed by atoms with Gasteiger partial charge in [-0.15, -0.1) is 0 Å². The fourth-order valence-electron chi connectivity index (χ4n) is 3.12. The molecule has 2 rings (SSSR count). The molecule has 2 N–H and O–H groups in total. The number of nitrogens with one attached hydrogen (secondary N) is 2. The number of carbonyl (C=O) groups is 1. The van der Waals surface area contributed by atoms with Crippen molar-refractivity contribution in [2.24, 2.45) is 0 Å². The highest BCUT2D eigenvalue weighted by atomic mass is 35.5. The Kier molecular flexibility index (Phi) is 9.56. The van der Waals surface area contributed by atoms with E-state index in [-0.39, 0.29) is 18.9 Å². The minimum absolute atomic E-state index is 0.114. The van der Waals surface area contributed by atoms with Gasteiger partial charge in [0.15, 0.2) is 0 Å². The van der Waals surface area contributed by atoms with Crippen LogP contribution >= 0.6 is 11.6 Å². The predicted molar refractivity (Wildman–Crippen MR) is 112 cm³/mol. The molecule has 1 heterocycles. The van der Waals surface area contributed by atoms with E-state index < -0.39 is 31.7 Å². The van der Waals surface area contributed by atoms with Crippen molar-refractivity contribution < 1.29 is 26.4 Å². The molecule has 7 nitrogen and oxygen atoms in total. The molecule has 0 unspecified atom stereocenters. The van der Waals surface area contributed by atoms with Crippen LogP contribution in [0, 0.1) is 0 Å². The Bertz CT molecular complexity index is 844. The first kappa shape index (κ1) is 25.9.